The molecule has 0 radical (unpaired) electrons. The number of benzene rings is 1. The minimum atomic E-state index is -4.45. The van der Waals surface area contributed by atoms with E-state index >= 15 is 0 Å². The van der Waals surface area contributed by atoms with Crippen LogP contribution in [0.5, 0.6) is 5.75 Å². The van der Waals surface area contributed by atoms with E-state index in [4.69, 9.17) is 10.00 Å². The van der Waals surface area contributed by atoms with E-state index in [1.165, 1.54) is 14.0 Å². The number of hydrogen-bond donors (Lipinski definition) is 0. The van der Waals surface area contributed by atoms with Gasteiger partial charge < -0.3 is 4.74 Å². The number of methoxy groups -OCH3 is 1. The Kier molecular flexibility index (Phi) is 4.68. The lowest BCUT2D eigenvalue weighted by atomic mass is 10.2. The summed E-state index contributed by atoms with van der Waals surface area (Å²) in [6.45, 7) is 2.31. The summed E-state index contributed by atoms with van der Waals surface area (Å²) in [4.78, 5) is 10.5. The highest BCUT2D eigenvalue weighted by Gasteiger charge is 2.32. The van der Waals surface area contributed by atoms with Gasteiger partial charge in [0.2, 0.25) is 5.91 Å². The second-order valence-electron chi connectivity index (χ2n) is 3.75. The van der Waals surface area contributed by atoms with Crippen molar-refractivity contribution in [1.29, 1.82) is 5.26 Å². The minimum Gasteiger partial charge on any atom is -0.495 e. The first-order valence-electron chi connectivity index (χ1n) is 5.61. The van der Waals surface area contributed by atoms with E-state index in [1.54, 1.807) is 6.07 Å². The normalized spacial score (nSPS) is 10.8. The molecule has 0 N–H and O–H groups in total. The van der Waals surface area contributed by atoms with Gasteiger partial charge in [-0.25, -0.2) is 17.1 Å². The summed E-state index contributed by atoms with van der Waals surface area (Å²) >= 11 is 0. The van der Waals surface area contributed by atoms with Crippen molar-refractivity contribution >= 4 is 15.9 Å². The Morgan fingerprint density at radius 2 is 2.10 bits per heavy atom. The van der Waals surface area contributed by atoms with Crippen LogP contribution in [0.25, 0.3) is 0 Å². The van der Waals surface area contributed by atoms with E-state index < -0.39 is 32.2 Å². The molecule has 0 aliphatic heterocycles. The number of carbonyl (C=O) groups is 1. The van der Waals surface area contributed by atoms with Crippen LogP contribution in [0.15, 0.2) is 17.0 Å². The summed E-state index contributed by atoms with van der Waals surface area (Å²) in [5.74, 6) is -1.95. The fourth-order valence-corrected chi connectivity index (χ4v) is 3.36. The van der Waals surface area contributed by atoms with Gasteiger partial charge in [-0.1, -0.05) is 0 Å². The highest BCUT2D eigenvalue weighted by Crippen LogP contribution is 2.30. The number of amides is 1. The zero-order chi connectivity index (χ0) is 15.5. The zero-order valence-electron chi connectivity index (χ0n) is 11.2. The Morgan fingerprint density at radius 1 is 1.50 bits per heavy atom. The third kappa shape index (κ3) is 2.58. The summed E-state index contributed by atoms with van der Waals surface area (Å²) in [6, 6.07) is 3.62. The predicted octanol–water partition coefficient (Wildman–Crippen LogP) is 1.26. The Balaban J connectivity index is 3.70. The molecular formula is C12H13FN2O4S. The van der Waals surface area contributed by atoms with Gasteiger partial charge in [0.05, 0.1) is 7.11 Å². The number of carbonyl (C=O) groups excluding carboxylic acids is 1. The summed E-state index contributed by atoms with van der Waals surface area (Å²) in [5, 5.41) is 9.05. The first-order chi connectivity index (χ1) is 9.31. The number of halogens is 1. The lowest BCUT2D eigenvalue weighted by molar-refractivity contribution is -0.124. The number of ether oxygens (including phenoxy) is 1. The first-order valence-corrected chi connectivity index (χ1v) is 7.05. The van der Waals surface area contributed by atoms with Crippen LogP contribution in [-0.2, 0) is 14.8 Å². The summed E-state index contributed by atoms with van der Waals surface area (Å²) < 4.78 is 43.9. The summed E-state index contributed by atoms with van der Waals surface area (Å²) in [5.41, 5.74) is -0.466. The van der Waals surface area contributed by atoms with Crippen molar-refractivity contribution in [1.82, 2.24) is 4.31 Å². The zero-order valence-corrected chi connectivity index (χ0v) is 12.0. The van der Waals surface area contributed by atoms with Crippen LogP contribution in [0.1, 0.15) is 19.4 Å². The van der Waals surface area contributed by atoms with Gasteiger partial charge in [-0.15, -0.1) is 0 Å². The molecule has 1 aromatic rings. The molecule has 1 amide bonds. The molecule has 1 rings (SSSR count). The van der Waals surface area contributed by atoms with E-state index in [0.717, 1.165) is 19.1 Å². The van der Waals surface area contributed by atoms with E-state index in [1.807, 2.05) is 0 Å². The molecule has 0 aliphatic rings. The standard InChI is InChI=1S/C12H13FN2O4S/c1-4-15(8(2)16)20(17,18)12-9(7-14)11(19-3)6-5-10(12)13/h5-6H,4H2,1-3H3. The van der Waals surface area contributed by atoms with Crippen molar-refractivity contribution in [2.45, 2.75) is 18.7 Å². The van der Waals surface area contributed by atoms with Gasteiger partial charge in [0.1, 0.15) is 28.1 Å². The minimum absolute atomic E-state index is 0.0768. The third-order valence-electron chi connectivity index (χ3n) is 2.59. The topological polar surface area (TPSA) is 87.5 Å². The molecule has 0 heterocycles. The van der Waals surface area contributed by atoms with E-state index in [-0.39, 0.29) is 12.3 Å². The molecule has 8 heteroatoms. The molecule has 108 valence electrons. The molecule has 0 unspecified atom stereocenters. The van der Waals surface area contributed by atoms with Crippen LogP contribution in [0.4, 0.5) is 4.39 Å². The van der Waals surface area contributed by atoms with Crippen LogP contribution >= 0.6 is 0 Å². The largest absolute Gasteiger partial charge is 0.495 e. The molecule has 0 atom stereocenters. The van der Waals surface area contributed by atoms with Gasteiger partial charge >= 0.3 is 0 Å². The Morgan fingerprint density at radius 3 is 2.50 bits per heavy atom. The van der Waals surface area contributed by atoms with Crippen LogP contribution in [0.2, 0.25) is 0 Å². The van der Waals surface area contributed by atoms with Gasteiger partial charge in [0.15, 0.2) is 0 Å². The molecule has 0 fully saturated rings. The Hall–Kier alpha value is -2.14. The maximum atomic E-state index is 13.9. The first kappa shape index (κ1) is 15.9. The summed E-state index contributed by atoms with van der Waals surface area (Å²) in [6.07, 6.45) is 0. The summed E-state index contributed by atoms with van der Waals surface area (Å²) in [7, 11) is -3.22. The van der Waals surface area contributed by atoms with Crippen molar-refractivity contribution in [3.8, 4) is 11.8 Å². The molecular weight excluding hydrogens is 287 g/mol. The van der Waals surface area contributed by atoms with E-state index in [2.05, 4.69) is 0 Å². The SMILES string of the molecule is CCN(C(C)=O)S(=O)(=O)c1c(F)ccc(OC)c1C#N. The van der Waals surface area contributed by atoms with Gasteiger partial charge in [-0.2, -0.15) is 5.26 Å². The molecule has 0 spiro atoms. The number of rotatable bonds is 4. The van der Waals surface area contributed by atoms with E-state index in [0.29, 0.717) is 4.31 Å². The molecule has 0 aromatic heterocycles. The highest BCUT2D eigenvalue weighted by atomic mass is 32.2. The monoisotopic (exact) mass is 300 g/mol. The molecule has 1 aromatic carbocycles. The van der Waals surface area contributed by atoms with Crippen LogP contribution in [0.3, 0.4) is 0 Å². The maximum absolute atomic E-state index is 13.9. The van der Waals surface area contributed by atoms with Crippen molar-refractivity contribution in [3.05, 3.63) is 23.5 Å². The number of hydrogen-bond acceptors (Lipinski definition) is 5. The van der Waals surface area contributed by atoms with Crippen molar-refractivity contribution in [3.63, 3.8) is 0 Å². The number of nitriles is 1. The fourth-order valence-electron chi connectivity index (χ4n) is 1.74. The second-order valence-corrected chi connectivity index (χ2v) is 5.55. The number of nitrogens with zero attached hydrogens (tertiary/aromatic N) is 2. The number of sulfonamides is 1. The van der Waals surface area contributed by atoms with Crippen molar-refractivity contribution in [2.24, 2.45) is 0 Å². The van der Waals surface area contributed by atoms with Crippen molar-refractivity contribution < 1.29 is 22.3 Å². The fraction of sp³-hybridized carbons (Fsp3) is 0.333. The highest BCUT2D eigenvalue weighted by molar-refractivity contribution is 7.89. The lowest BCUT2D eigenvalue weighted by Gasteiger charge is -2.20. The predicted molar refractivity (Wildman–Crippen MR) is 67.9 cm³/mol. The quantitative estimate of drug-likeness (QED) is 0.835. The maximum Gasteiger partial charge on any atom is 0.270 e. The average Bonchev–Trinajstić information content (AvgIpc) is 2.37. The molecule has 20 heavy (non-hydrogen) atoms. The Bertz CT molecular complexity index is 679. The molecule has 0 bridgehead atoms. The third-order valence-corrected chi connectivity index (χ3v) is 4.60. The van der Waals surface area contributed by atoms with Gasteiger partial charge in [-0.3, -0.25) is 4.79 Å². The molecule has 0 saturated carbocycles. The van der Waals surface area contributed by atoms with Crippen LogP contribution in [-0.4, -0.2) is 32.3 Å². The van der Waals surface area contributed by atoms with Gasteiger partial charge in [0, 0.05) is 13.5 Å². The van der Waals surface area contributed by atoms with Crippen LogP contribution < -0.4 is 4.74 Å². The van der Waals surface area contributed by atoms with Crippen LogP contribution in [0, 0.1) is 17.1 Å². The smallest absolute Gasteiger partial charge is 0.270 e. The van der Waals surface area contributed by atoms with Gasteiger partial charge in [0.25, 0.3) is 10.0 Å². The molecule has 0 saturated heterocycles. The Labute approximate surface area is 116 Å². The molecule has 6 nitrogen and oxygen atoms in total. The average molecular weight is 300 g/mol. The van der Waals surface area contributed by atoms with Gasteiger partial charge in [-0.05, 0) is 19.1 Å². The lowest BCUT2D eigenvalue weighted by Crippen LogP contribution is -2.36. The molecule has 0 aliphatic carbocycles. The van der Waals surface area contributed by atoms with Crippen molar-refractivity contribution in [2.75, 3.05) is 13.7 Å². The second kappa shape index (κ2) is 5.88. The van der Waals surface area contributed by atoms with E-state index in [9.17, 15) is 17.6 Å².